The number of benzene rings is 1. The van der Waals surface area contributed by atoms with Gasteiger partial charge in [0, 0.05) is 23.2 Å². The first-order valence-electron chi connectivity index (χ1n) is 5.03. The van der Waals surface area contributed by atoms with Crippen LogP contribution in [-0.2, 0) is 0 Å². The van der Waals surface area contributed by atoms with Gasteiger partial charge in [0.05, 0.1) is 9.40 Å². The minimum atomic E-state index is -0.560. The fourth-order valence-corrected chi connectivity index (χ4v) is 2.27. The second-order valence-electron chi connectivity index (χ2n) is 3.52. The average Bonchev–Trinajstić information content (AvgIpc) is 2.74. The van der Waals surface area contributed by atoms with E-state index in [1.165, 1.54) is 18.2 Å². The number of nitrogens with zero attached hydrogens (tertiary/aromatic N) is 3. The van der Waals surface area contributed by atoms with Gasteiger partial charge >= 0.3 is 0 Å². The van der Waals surface area contributed by atoms with Crippen LogP contribution in [0.1, 0.15) is 16.2 Å². The first kappa shape index (κ1) is 13.6. The number of hydrogen-bond acceptors (Lipinski definition) is 6. The van der Waals surface area contributed by atoms with E-state index in [4.69, 9.17) is 0 Å². The minimum absolute atomic E-state index is 0.166. The van der Waals surface area contributed by atoms with Crippen molar-refractivity contribution in [3.05, 3.63) is 44.2 Å². The fraction of sp³-hybridized carbons (Fsp3) is 0.100. The van der Waals surface area contributed by atoms with E-state index in [2.05, 4.69) is 30.6 Å². The molecule has 0 unspecified atom stereocenters. The van der Waals surface area contributed by atoms with Crippen LogP contribution in [0.5, 0.6) is 0 Å². The Labute approximate surface area is 120 Å². The lowest BCUT2D eigenvalue weighted by Crippen LogP contribution is -2.12. The molecule has 0 saturated carbocycles. The molecule has 0 fully saturated rings. The molecule has 0 bridgehead atoms. The summed E-state index contributed by atoms with van der Waals surface area (Å²) in [7, 11) is 0. The van der Waals surface area contributed by atoms with Crippen molar-refractivity contribution < 1.29 is 9.72 Å². The van der Waals surface area contributed by atoms with E-state index < -0.39 is 10.8 Å². The zero-order valence-electron chi connectivity index (χ0n) is 9.58. The second-order valence-corrected chi connectivity index (χ2v) is 5.13. The third-order valence-corrected chi connectivity index (χ3v) is 3.55. The molecule has 7 nitrogen and oxygen atoms in total. The monoisotopic (exact) mass is 342 g/mol. The molecule has 1 aromatic carbocycles. The Bertz CT molecular complexity index is 658. The average molecular weight is 343 g/mol. The van der Waals surface area contributed by atoms with Gasteiger partial charge in [-0.2, -0.15) is 4.37 Å². The third kappa shape index (κ3) is 3.12. The smallest absolute Gasteiger partial charge is 0.284 e. The molecule has 9 heteroatoms. The fourth-order valence-electron chi connectivity index (χ4n) is 1.31. The zero-order valence-corrected chi connectivity index (χ0v) is 12.0. The van der Waals surface area contributed by atoms with E-state index in [0.717, 1.165) is 11.5 Å². The Balaban J connectivity index is 2.24. The van der Waals surface area contributed by atoms with Gasteiger partial charge in [0.15, 0.2) is 0 Å². The van der Waals surface area contributed by atoms with Crippen molar-refractivity contribution in [2.75, 3.05) is 5.32 Å². The van der Waals surface area contributed by atoms with E-state index >= 15 is 0 Å². The summed E-state index contributed by atoms with van der Waals surface area (Å²) >= 11 is 4.11. The van der Waals surface area contributed by atoms with Crippen LogP contribution < -0.4 is 5.32 Å². The number of nitro groups is 1. The van der Waals surface area contributed by atoms with E-state index in [1.807, 2.05) is 0 Å². The summed E-state index contributed by atoms with van der Waals surface area (Å²) in [5.41, 5.74) is 0.0175. The minimum Gasteiger partial charge on any atom is -0.297 e. The molecule has 1 aromatic heterocycles. The maximum Gasteiger partial charge on any atom is 0.284 e. The Morgan fingerprint density at radius 3 is 2.84 bits per heavy atom. The predicted octanol–water partition coefficient (Wildman–Crippen LogP) is 2.77. The Morgan fingerprint density at radius 2 is 2.26 bits per heavy atom. The standard InChI is InChI=1S/C10H7BrN4O3S/c1-5-12-10(19-14-5)13-9(16)6-2-3-7(11)8(4-6)15(17)18/h2-4H,1H3,(H,12,13,14,16). The van der Waals surface area contributed by atoms with Crippen molar-refractivity contribution >= 4 is 44.2 Å². The largest absolute Gasteiger partial charge is 0.297 e. The summed E-state index contributed by atoms with van der Waals surface area (Å²) in [6.07, 6.45) is 0. The van der Waals surface area contributed by atoms with Crippen LogP contribution in [0.4, 0.5) is 10.8 Å². The third-order valence-electron chi connectivity index (χ3n) is 2.15. The summed E-state index contributed by atoms with van der Waals surface area (Å²) in [6, 6.07) is 4.14. The van der Waals surface area contributed by atoms with Crippen molar-refractivity contribution in [3.63, 3.8) is 0 Å². The summed E-state index contributed by atoms with van der Waals surface area (Å²) in [6.45, 7) is 1.70. The van der Waals surface area contributed by atoms with Gasteiger partial charge in [-0.05, 0) is 35.0 Å². The SMILES string of the molecule is Cc1nsc(NC(=O)c2ccc(Br)c([N+](=O)[O-])c2)n1. The molecule has 2 rings (SSSR count). The molecule has 0 atom stereocenters. The van der Waals surface area contributed by atoms with Crippen molar-refractivity contribution in [1.29, 1.82) is 0 Å². The number of amides is 1. The molecule has 1 amide bonds. The van der Waals surface area contributed by atoms with Crippen molar-refractivity contribution in [1.82, 2.24) is 9.36 Å². The molecule has 98 valence electrons. The number of rotatable bonds is 3. The number of hydrogen-bond donors (Lipinski definition) is 1. The summed E-state index contributed by atoms with van der Waals surface area (Å²) in [5, 5.41) is 13.7. The lowest BCUT2D eigenvalue weighted by atomic mass is 10.2. The summed E-state index contributed by atoms with van der Waals surface area (Å²) in [5.74, 6) is 0.0915. The zero-order chi connectivity index (χ0) is 14.0. The van der Waals surface area contributed by atoms with Crippen LogP contribution in [0.15, 0.2) is 22.7 Å². The number of aromatic nitrogens is 2. The lowest BCUT2D eigenvalue weighted by molar-refractivity contribution is -0.385. The highest BCUT2D eigenvalue weighted by atomic mass is 79.9. The Kier molecular flexibility index (Phi) is 3.86. The van der Waals surface area contributed by atoms with Crippen LogP contribution in [0, 0.1) is 17.0 Å². The van der Waals surface area contributed by atoms with Gasteiger partial charge in [0.2, 0.25) is 5.13 Å². The highest BCUT2D eigenvalue weighted by Gasteiger charge is 2.16. The number of carbonyl (C=O) groups is 1. The van der Waals surface area contributed by atoms with Crippen LogP contribution in [0.2, 0.25) is 0 Å². The van der Waals surface area contributed by atoms with Crippen LogP contribution in [0.25, 0.3) is 0 Å². The predicted molar refractivity (Wildman–Crippen MR) is 73.4 cm³/mol. The molecule has 2 aromatic rings. The van der Waals surface area contributed by atoms with Gasteiger partial charge in [-0.25, -0.2) is 4.98 Å². The molecule has 1 N–H and O–H groups in total. The topological polar surface area (TPSA) is 98.0 Å². The second kappa shape index (κ2) is 5.41. The molecule has 0 saturated heterocycles. The molecule has 0 spiro atoms. The molecular formula is C10H7BrN4O3S. The van der Waals surface area contributed by atoms with E-state index in [-0.39, 0.29) is 11.3 Å². The van der Waals surface area contributed by atoms with Gasteiger partial charge in [0.25, 0.3) is 11.6 Å². The maximum atomic E-state index is 11.9. The van der Waals surface area contributed by atoms with Crippen LogP contribution >= 0.6 is 27.5 Å². The molecule has 0 radical (unpaired) electrons. The molecule has 0 aliphatic heterocycles. The molecule has 19 heavy (non-hydrogen) atoms. The number of anilines is 1. The van der Waals surface area contributed by atoms with E-state index in [1.54, 1.807) is 6.92 Å². The molecular weight excluding hydrogens is 336 g/mol. The van der Waals surface area contributed by atoms with Gasteiger partial charge in [-0.1, -0.05) is 0 Å². The molecule has 0 aliphatic carbocycles. The Hall–Kier alpha value is -1.87. The van der Waals surface area contributed by atoms with Gasteiger partial charge < -0.3 is 0 Å². The van der Waals surface area contributed by atoms with E-state index in [0.29, 0.717) is 15.4 Å². The Morgan fingerprint density at radius 1 is 1.53 bits per heavy atom. The van der Waals surface area contributed by atoms with Crippen LogP contribution in [0.3, 0.4) is 0 Å². The van der Waals surface area contributed by atoms with Crippen molar-refractivity contribution in [2.45, 2.75) is 6.92 Å². The van der Waals surface area contributed by atoms with Crippen molar-refractivity contribution in [3.8, 4) is 0 Å². The van der Waals surface area contributed by atoms with E-state index in [9.17, 15) is 14.9 Å². The number of carbonyl (C=O) groups excluding carboxylic acids is 1. The maximum absolute atomic E-state index is 11.9. The number of aryl methyl sites for hydroxylation is 1. The highest BCUT2D eigenvalue weighted by Crippen LogP contribution is 2.26. The van der Waals surface area contributed by atoms with Crippen LogP contribution in [-0.4, -0.2) is 20.2 Å². The highest BCUT2D eigenvalue weighted by molar-refractivity contribution is 9.10. The number of nitro benzene ring substituents is 1. The summed E-state index contributed by atoms with van der Waals surface area (Å²) in [4.78, 5) is 26.1. The first-order valence-corrected chi connectivity index (χ1v) is 6.59. The van der Waals surface area contributed by atoms with Gasteiger partial charge in [-0.3, -0.25) is 20.2 Å². The summed E-state index contributed by atoms with van der Waals surface area (Å²) < 4.78 is 4.24. The normalized spacial score (nSPS) is 10.2. The quantitative estimate of drug-likeness (QED) is 0.683. The molecule has 1 heterocycles. The van der Waals surface area contributed by atoms with Gasteiger partial charge in [-0.15, -0.1) is 0 Å². The molecule has 0 aliphatic rings. The number of halogens is 1. The number of nitrogens with one attached hydrogen (secondary N) is 1. The first-order chi connectivity index (χ1) is 8.97. The van der Waals surface area contributed by atoms with Gasteiger partial charge in [0.1, 0.15) is 5.82 Å². The lowest BCUT2D eigenvalue weighted by Gasteiger charge is -2.02. The van der Waals surface area contributed by atoms with Crippen molar-refractivity contribution in [2.24, 2.45) is 0 Å².